The number of rotatable bonds is 5. The molecule has 0 aliphatic rings. The van der Waals surface area contributed by atoms with E-state index in [-0.39, 0.29) is 6.10 Å². The molecule has 0 saturated heterocycles. The Kier molecular flexibility index (Phi) is 4.95. The summed E-state index contributed by atoms with van der Waals surface area (Å²) in [6, 6.07) is 0. The molecule has 0 aliphatic heterocycles. The highest BCUT2D eigenvalue weighted by Crippen LogP contribution is 2.22. The summed E-state index contributed by atoms with van der Waals surface area (Å²) >= 11 is 3.49. The van der Waals surface area contributed by atoms with E-state index in [1.807, 2.05) is 20.9 Å². The molecule has 1 aromatic heterocycles. The van der Waals surface area contributed by atoms with E-state index in [1.54, 1.807) is 11.8 Å². The maximum absolute atomic E-state index is 10.0. The Balaban J connectivity index is 2.80. The van der Waals surface area contributed by atoms with E-state index in [9.17, 15) is 5.11 Å². The van der Waals surface area contributed by atoms with Crippen LogP contribution in [-0.2, 0) is 18.2 Å². The van der Waals surface area contributed by atoms with Crippen LogP contribution in [0.5, 0.6) is 0 Å². The standard InChI is InChI=1S/C11H19BrN2O2/c1-5-10(16-4)9(15)6-8-11(12)7(2)13-14(8)3/h9-10,15H,5-6H2,1-4H3. The molecule has 0 amide bonds. The molecule has 0 fully saturated rings. The lowest BCUT2D eigenvalue weighted by atomic mass is 10.1. The average molecular weight is 291 g/mol. The molecule has 0 aromatic carbocycles. The summed E-state index contributed by atoms with van der Waals surface area (Å²) in [6.07, 6.45) is 0.722. The number of hydrogen-bond donors (Lipinski definition) is 1. The molecule has 0 radical (unpaired) electrons. The van der Waals surface area contributed by atoms with Gasteiger partial charge >= 0.3 is 0 Å². The van der Waals surface area contributed by atoms with Crippen molar-refractivity contribution >= 4 is 15.9 Å². The molecule has 4 nitrogen and oxygen atoms in total. The van der Waals surface area contributed by atoms with Crippen molar-refractivity contribution in [1.29, 1.82) is 0 Å². The van der Waals surface area contributed by atoms with Crippen molar-refractivity contribution in [2.45, 2.75) is 38.9 Å². The third-order valence-corrected chi connectivity index (χ3v) is 3.83. The predicted octanol–water partition coefficient (Wildman–Crippen LogP) is 1.82. The SMILES string of the molecule is CCC(OC)C(O)Cc1c(Br)c(C)nn1C. The summed E-state index contributed by atoms with van der Waals surface area (Å²) in [6.45, 7) is 3.94. The van der Waals surface area contributed by atoms with Crippen LogP contribution in [0, 0.1) is 6.92 Å². The molecular weight excluding hydrogens is 272 g/mol. The monoisotopic (exact) mass is 290 g/mol. The van der Waals surface area contributed by atoms with E-state index >= 15 is 0 Å². The minimum atomic E-state index is -0.499. The van der Waals surface area contributed by atoms with Crippen LogP contribution in [0.3, 0.4) is 0 Å². The Hall–Kier alpha value is -0.390. The molecule has 5 heteroatoms. The lowest BCUT2D eigenvalue weighted by molar-refractivity contribution is -0.0137. The van der Waals surface area contributed by atoms with Crippen LogP contribution < -0.4 is 0 Å². The zero-order valence-electron chi connectivity index (χ0n) is 10.2. The normalized spacial score (nSPS) is 15.1. The minimum absolute atomic E-state index is 0.123. The van der Waals surface area contributed by atoms with E-state index in [4.69, 9.17) is 4.74 Å². The van der Waals surface area contributed by atoms with Crippen LogP contribution in [0.2, 0.25) is 0 Å². The first kappa shape index (κ1) is 13.7. The van der Waals surface area contributed by atoms with Gasteiger partial charge in [-0.15, -0.1) is 0 Å². The molecule has 16 heavy (non-hydrogen) atoms. The maximum atomic E-state index is 10.0. The van der Waals surface area contributed by atoms with Crippen molar-refractivity contribution < 1.29 is 9.84 Å². The lowest BCUT2D eigenvalue weighted by Crippen LogP contribution is -2.30. The molecule has 0 bridgehead atoms. The summed E-state index contributed by atoms with van der Waals surface area (Å²) in [5.41, 5.74) is 1.94. The first-order valence-corrected chi connectivity index (χ1v) is 6.19. The van der Waals surface area contributed by atoms with Crippen LogP contribution in [0.15, 0.2) is 4.47 Å². The molecule has 2 atom stereocenters. The Bertz CT molecular complexity index is 348. The number of aliphatic hydroxyl groups excluding tert-OH is 1. The number of hydrogen-bond acceptors (Lipinski definition) is 3. The number of ether oxygens (including phenoxy) is 1. The summed E-state index contributed by atoms with van der Waals surface area (Å²) in [7, 11) is 3.51. The number of aromatic nitrogens is 2. The fourth-order valence-electron chi connectivity index (χ4n) is 1.83. The highest BCUT2D eigenvalue weighted by molar-refractivity contribution is 9.10. The van der Waals surface area contributed by atoms with E-state index in [2.05, 4.69) is 21.0 Å². The van der Waals surface area contributed by atoms with Gasteiger partial charge in [0, 0.05) is 20.6 Å². The third kappa shape index (κ3) is 2.84. The fourth-order valence-corrected chi connectivity index (χ4v) is 2.33. The highest BCUT2D eigenvalue weighted by atomic mass is 79.9. The van der Waals surface area contributed by atoms with Crippen molar-refractivity contribution in [2.75, 3.05) is 7.11 Å². The third-order valence-electron chi connectivity index (χ3n) is 2.80. The molecule has 0 aliphatic carbocycles. The van der Waals surface area contributed by atoms with Crippen molar-refractivity contribution in [3.8, 4) is 0 Å². The predicted molar refractivity (Wildman–Crippen MR) is 66.4 cm³/mol. The fraction of sp³-hybridized carbons (Fsp3) is 0.727. The Morgan fingerprint density at radius 3 is 2.56 bits per heavy atom. The zero-order chi connectivity index (χ0) is 12.3. The van der Waals surface area contributed by atoms with Crippen LogP contribution in [0.4, 0.5) is 0 Å². The molecule has 0 spiro atoms. The van der Waals surface area contributed by atoms with Gasteiger partial charge in [0.05, 0.1) is 28.1 Å². The van der Waals surface area contributed by atoms with Gasteiger partial charge in [0.1, 0.15) is 0 Å². The summed E-state index contributed by atoms with van der Waals surface area (Å²) in [4.78, 5) is 0. The van der Waals surface area contributed by atoms with Crippen LogP contribution >= 0.6 is 15.9 Å². The highest BCUT2D eigenvalue weighted by Gasteiger charge is 2.21. The van der Waals surface area contributed by atoms with Crippen molar-refractivity contribution in [3.63, 3.8) is 0 Å². The maximum Gasteiger partial charge on any atom is 0.0857 e. The quantitative estimate of drug-likeness (QED) is 0.900. The van der Waals surface area contributed by atoms with E-state index in [0.29, 0.717) is 6.42 Å². The van der Waals surface area contributed by atoms with Crippen LogP contribution in [-0.4, -0.2) is 34.2 Å². The van der Waals surface area contributed by atoms with Crippen LogP contribution in [0.25, 0.3) is 0 Å². The molecule has 2 unspecified atom stereocenters. The zero-order valence-corrected chi connectivity index (χ0v) is 11.8. The van der Waals surface area contributed by atoms with Gasteiger partial charge in [-0.2, -0.15) is 5.10 Å². The molecule has 1 rings (SSSR count). The van der Waals surface area contributed by atoms with Gasteiger partial charge in [0.15, 0.2) is 0 Å². The summed E-state index contributed by atoms with van der Waals surface area (Å²) in [5.74, 6) is 0. The van der Waals surface area contributed by atoms with Crippen molar-refractivity contribution in [3.05, 3.63) is 15.9 Å². The average Bonchev–Trinajstić information content (AvgIpc) is 2.47. The second-order valence-corrected chi connectivity index (χ2v) is 4.72. The van der Waals surface area contributed by atoms with Gasteiger partial charge in [0.25, 0.3) is 0 Å². The van der Waals surface area contributed by atoms with E-state index in [1.165, 1.54) is 0 Å². The Morgan fingerprint density at radius 1 is 1.56 bits per heavy atom. The van der Waals surface area contributed by atoms with E-state index < -0.39 is 6.10 Å². The molecule has 1 heterocycles. The largest absolute Gasteiger partial charge is 0.390 e. The van der Waals surface area contributed by atoms with E-state index in [0.717, 1.165) is 22.3 Å². The minimum Gasteiger partial charge on any atom is -0.390 e. The Morgan fingerprint density at radius 2 is 2.19 bits per heavy atom. The van der Waals surface area contributed by atoms with Gasteiger partial charge in [0.2, 0.25) is 0 Å². The number of nitrogens with zero attached hydrogens (tertiary/aromatic N) is 2. The molecule has 1 aromatic rings. The van der Waals surface area contributed by atoms with Gasteiger partial charge in [-0.25, -0.2) is 0 Å². The topological polar surface area (TPSA) is 47.3 Å². The van der Waals surface area contributed by atoms with Gasteiger partial charge in [-0.1, -0.05) is 6.92 Å². The first-order chi connectivity index (χ1) is 7.51. The van der Waals surface area contributed by atoms with Crippen molar-refractivity contribution in [2.24, 2.45) is 7.05 Å². The second-order valence-electron chi connectivity index (χ2n) is 3.92. The molecule has 1 N–H and O–H groups in total. The molecular formula is C11H19BrN2O2. The van der Waals surface area contributed by atoms with Gasteiger partial charge < -0.3 is 9.84 Å². The first-order valence-electron chi connectivity index (χ1n) is 5.40. The van der Waals surface area contributed by atoms with Crippen molar-refractivity contribution in [1.82, 2.24) is 9.78 Å². The molecule has 92 valence electrons. The smallest absolute Gasteiger partial charge is 0.0857 e. The van der Waals surface area contributed by atoms with Crippen LogP contribution in [0.1, 0.15) is 24.7 Å². The number of halogens is 1. The number of aliphatic hydroxyl groups is 1. The summed E-state index contributed by atoms with van der Waals surface area (Å²) in [5, 5.41) is 14.3. The Labute approximate surface area is 105 Å². The van der Waals surface area contributed by atoms with Gasteiger partial charge in [-0.3, -0.25) is 4.68 Å². The van der Waals surface area contributed by atoms with Gasteiger partial charge in [-0.05, 0) is 29.3 Å². The summed E-state index contributed by atoms with van der Waals surface area (Å²) < 4.78 is 7.99. The number of aryl methyl sites for hydroxylation is 2. The number of methoxy groups -OCH3 is 1. The second kappa shape index (κ2) is 5.80. The molecule has 0 saturated carbocycles. The lowest BCUT2D eigenvalue weighted by Gasteiger charge is -2.20.